The summed E-state index contributed by atoms with van der Waals surface area (Å²) < 4.78 is 5.33. The molecular formula is C9H15N3O. The number of nitrogens with zero attached hydrogens (tertiary/aromatic N) is 2. The summed E-state index contributed by atoms with van der Waals surface area (Å²) in [6.45, 7) is 2.86. The Kier molecular flexibility index (Phi) is 4.02. The van der Waals surface area contributed by atoms with E-state index in [2.05, 4.69) is 17.1 Å². The minimum atomic E-state index is 0.418. The number of nitrogen functional groups attached to an aromatic ring is 1. The van der Waals surface area contributed by atoms with Crippen LogP contribution in [0.2, 0.25) is 0 Å². The van der Waals surface area contributed by atoms with Crippen LogP contribution in [0.5, 0.6) is 5.88 Å². The smallest absolute Gasteiger partial charge is 0.233 e. The van der Waals surface area contributed by atoms with E-state index in [9.17, 15) is 0 Å². The highest BCUT2D eigenvalue weighted by Gasteiger charge is 1.94. The van der Waals surface area contributed by atoms with E-state index in [-0.39, 0.29) is 0 Å². The van der Waals surface area contributed by atoms with Gasteiger partial charge in [0.1, 0.15) is 5.82 Å². The average Bonchev–Trinajstić information content (AvgIpc) is 2.15. The first-order valence-corrected chi connectivity index (χ1v) is 4.55. The molecule has 4 heteroatoms. The predicted molar refractivity (Wildman–Crippen MR) is 51.5 cm³/mol. The number of ether oxygens (including phenoxy) is 1. The largest absolute Gasteiger partial charge is 0.477 e. The van der Waals surface area contributed by atoms with Crippen molar-refractivity contribution in [3.8, 4) is 5.88 Å². The van der Waals surface area contributed by atoms with Crippen molar-refractivity contribution < 1.29 is 4.74 Å². The van der Waals surface area contributed by atoms with E-state index in [0.29, 0.717) is 18.3 Å². The number of rotatable bonds is 5. The van der Waals surface area contributed by atoms with Gasteiger partial charge in [-0.2, -0.15) is 0 Å². The maximum Gasteiger partial charge on any atom is 0.233 e. The lowest BCUT2D eigenvalue weighted by molar-refractivity contribution is 0.292. The van der Waals surface area contributed by atoms with Gasteiger partial charge in [0.25, 0.3) is 0 Å². The lowest BCUT2D eigenvalue weighted by atomic mass is 10.3. The van der Waals surface area contributed by atoms with Crippen molar-refractivity contribution in [1.29, 1.82) is 0 Å². The fourth-order valence-corrected chi connectivity index (χ4v) is 0.936. The van der Waals surface area contributed by atoms with E-state index in [1.807, 2.05) is 0 Å². The standard InChI is InChI=1S/C9H15N3O/c1-2-3-4-7-13-9-6-5-8(10)11-12-9/h5-6H,2-4,7H2,1H3,(H2,10,11). The molecule has 0 fully saturated rings. The molecule has 0 aliphatic heterocycles. The van der Waals surface area contributed by atoms with Gasteiger partial charge in [-0.1, -0.05) is 19.8 Å². The van der Waals surface area contributed by atoms with Crippen LogP contribution in [0.1, 0.15) is 26.2 Å². The fraction of sp³-hybridized carbons (Fsp3) is 0.556. The molecule has 0 saturated carbocycles. The molecule has 0 atom stereocenters. The highest BCUT2D eigenvalue weighted by Crippen LogP contribution is 2.06. The molecule has 72 valence electrons. The van der Waals surface area contributed by atoms with Crippen LogP contribution in [0.15, 0.2) is 12.1 Å². The highest BCUT2D eigenvalue weighted by molar-refractivity contribution is 5.27. The minimum absolute atomic E-state index is 0.418. The van der Waals surface area contributed by atoms with Crippen LogP contribution in [0.25, 0.3) is 0 Å². The molecule has 0 aliphatic carbocycles. The number of unbranched alkanes of at least 4 members (excludes halogenated alkanes) is 2. The lowest BCUT2D eigenvalue weighted by Crippen LogP contribution is -2.01. The van der Waals surface area contributed by atoms with Crippen LogP contribution in [-0.4, -0.2) is 16.8 Å². The first-order chi connectivity index (χ1) is 6.33. The number of anilines is 1. The number of hydrogen-bond donors (Lipinski definition) is 1. The van der Waals surface area contributed by atoms with Crippen molar-refractivity contribution in [2.24, 2.45) is 0 Å². The van der Waals surface area contributed by atoms with E-state index in [1.54, 1.807) is 12.1 Å². The van der Waals surface area contributed by atoms with E-state index in [0.717, 1.165) is 6.42 Å². The maximum absolute atomic E-state index is 5.37. The molecule has 4 nitrogen and oxygen atoms in total. The molecule has 0 spiro atoms. The summed E-state index contributed by atoms with van der Waals surface area (Å²) in [5.41, 5.74) is 5.37. The zero-order valence-electron chi connectivity index (χ0n) is 7.86. The SMILES string of the molecule is CCCCCOc1ccc(N)nn1. The number of aromatic nitrogens is 2. The van der Waals surface area contributed by atoms with Crippen molar-refractivity contribution in [2.75, 3.05) is 12.3 Å². The average molecular weight is 181 g/mol. The Balaban J connectivity index is 2.25. The molecule has 1 rings (SSSR count). The van der Waals surface area contributed by atoms with Gasteiger partial charge in [-0.15, -0.1) is 10.2 Å². The fourth-order valence-electron chi connectivity index (χ4n) is 0.936. The maximum atomic E-state index is 5.37. The third-order valence-corrected chi connectivity index (χ3v) is 1.66. The van der Waals surface area contributed by atoms with Gasteiger partial charge in [0.2, 0.25) is 5.88 Å². The second kappa shape index (κ2) is 5.35. The first kappa shape index (κ1) is 9.77. The van der Waals surface area contributed by atoms with Gasteiger partial charge in [0, 0.05) is 6.07 Å². The lowest BCUT2D eigenvalue weighted by Gasteiger charge is -2.02. The quantitative estimate of drug-likeness (QED) is 0.701. The summed E-state index contributed by atoms with van der Waals surface area (Å²) >= 11 is 0. The molecule has 1 heterocycles. The van der Waals surface area contributed by atoms with Gasteiger partial charge in [0.05, 0.1) is 6.61 Å². The van der Waals surface area contributed by atoms with Crippen LogP contribution in [0.4, 0.5) is 5.82 Å². The van der Waals surface area contributed by atoms with Crippen LogP contribution in [0.3, 0.4) is 0 Å². The Hall–Kier alpha value is -1.32. The normalized spacial score (nSPS) is 9.92. The van der Waals surface area contributed by atoms with E-state index >= 15 is 0 Å². The molecule has 0 bridgehead atoms. The van der Waals surface area contributed by atoms with Gasteiger partial charge >= 0.3 is 0 Å². The second-order valence-corrected chi connectivity index (χ2v) is 2.85. The Morgan fingerprint density at radius 2 is 2.15 bits per heavy atom. The molecular weight excluding hydrogens is 166 g/mol. The summed E-state index contributed by atoms with van der Waals surface area (Å²) in [6.07, 6.45) is 3.43. The van der Waals surface area contributed by atoms with Crippen molar-refractivity contribution in [3.63, 3.8) is 0 Å². The monoisotopic (exact) mass is 181 g/mol. The molecule has 0 radical (unpaired) electrons. The number of nitrogens with two attached hydrogens (primary N) is 1. The van der Waals surface area contributed by atoms with E-state index < -0.39 is 0 Å². The van der Waals surface area contributed by atoms with Gasteiger partial charge < -0.3 is 10.5 Å². The molecule has 0 unspecified atom stereocenters. The summed E-state index contributed by atoms with van der Waals surface area (Å²) in [6, 6.07) is 3.41. The van der Waals surface area contributed by atoms with Crippen molar-refractivity contribution >= 4 is 5.82 Å². The van der Waals surface area contributed by atoms with E-state index in [4.69, 9.17) is 10.5 Å². The van der Waals surface area contributed by atoms with Crippen LogP contribution >= 0.6 is 0 Å². The molecule has 0 aliphatic rings. The van der Waals surface area contributed by atoms with E-state index in [1.165, 1.54) is 12.8 Å². The first-order valence-electron chi connectivity index (χ1n) is 4.55. The van der Waals surface area contributed by atoms with Crippen LogP contribution in [0, 0.1) is 0 Å². The van der Waals surface area contributed by atoms with Gasteiger partial charge in [-0.05, 0) is 12.5 Å². The van der Waals surface area contributed by atoms with Crippen molar-refractivity contribution in [1.82, 2.24) is 10.2 Å². The predicted octanol–water partition coefficient (Wildman–Crippen LogP) is 1.63. The Morgan fingerprint density at radius 1 is 1.31 bits per heavy atom. The van der Waals surface area contributed by atoms with Crippen molar-refractivity contribution in [3.05, 3.63) is 12.1 Å². The summed E-state index contributed by atoms with van der Waals surface area (Å²) in [5, 5.41) is 7.46. The Labute approximate surface area is 78.1 Å². The Morgan fingerprint density at radius 3 is 2.77 bits per heavy atom. The Bertz CT molecular complexity index is 235. The summed E-state index contributed by atoms with van der Waals surface area (Å²) in [7, 11) is 0. The molecule has 0 amide bonds. The third-order valence-electron chi connectivity index (χ3n) is 1.66. The van der Waals surface area contributed by atoms with Gasteiger partial charge in [-0.25, -0.2) is 0 Å². The molecule has 13 heavy (non-hydrogen) atoms. The van der Waals surface area contributed by atoms with Gasteiger partial charge in [-0.3, -0.25) is 0 Å². The van der Waals surface area contributed by atoms with Crippen LogP contribution in [-0.2, 0) is 0 Å². The third kappa shape index (κ3) is 3.73. The zero-order chi connectivity index (χ0) is 9.52. The molecule has 1 aromatic rings. The summed E-state index contributed by atoms with van der Waals surface area (Å²) in [5.74, 6) is 0.964. The summed E-state index contributed by atoms with van der Waals surface area (Å²) in [4.78, 5) is 0. The van der Waals surface area contributed by atoms with Crippen LogP contribution < -0.4 is 10.5 Å². The molecule has 1 aromatic heterocycles. The number of hydrogen-bond acceptors (Lipinski definition) is 4. The zero-order valence-corrected chi connectivity index (χ0v) is 7.86. The molecule has 2 N–H and O–H groups in total. The highest BCUT2D eigenvalue weighted by atomic mass is 16.5. The van der Waals surface area contributed by atoms with Crippen molar-refractivity contribution in [2.45, 2.75) is 26.2 Å². The topological polar surface area (TPSA) is 61.0 Å². The minimum Gasteiger partial charge on any atom is -0.477 e. The molecule has 0 saturated heterocycles. The second-order valence-electron chi connectivity index (χ2n) is 2.85. The van der Waals surface area contributed by atoms with Gasteiger partial charge in [0.15, 0.2) is 0 Å². The molecule has 0 aromatic carbocycles.